The van der Waals surface area contributed by atoms with Gasteiger partial charge in [-0.1, -0.05) is 58.5 Å². The molecule has 0 bridgehead atoms. The van der Waals surface area contributed by atoms with Crippen molar-refractivity contribution in [2.24, 2.45) is 0 Å². The lowest BCUT2D eigenvalue weighted by Gasteiger charge is -2.07. The van der Waals surface area contributed by atoms with Crippen molar-refractivity contribution in [1.82, 2.24) is 0 Å². The highest BCUT2D eigenvalue weighted by atomic mass is 35.5. The summed E-state index contributed by atoms with van der Waals surface area (Å²) in [5.74, 6) is 0.00919. The first-order valence-electron chi connectivity index (χ1n) is 6.05. The van der Waals surface area contributed by atoms with Crippen molar-refractivity contribution in [2.45, 2.75) is 0 Å². The van der Waals surface area contributed by atoms with Crippen LogP contribution in [0.2, 0.25) is 0 Å². The molecule has 2 N–H and O–H groups in total. The molecular formula is C16H10Cl4O2. The van der Waals surface area contributed by atoms with Gasteiger partial charge in [-0.2, -0.15) is 0 Å². The van der Waals surface area contributed by atoms with Crippen LogP contribution in [-0.2, 0) is 0 Å². The predicted molar refractivity (Wildman–Crippen MR) is 95.0 cm³/mol. The molecule has 114 valence electrons. The lowest BCUT2D eigenvalue weighted by molar-refractivity contribution is 0.469. The normalized spacial score (nSPS) is 14.9. The quantitative estimate of drug-likeness (QED) is 0.804. The largest absolute Gasteiger partial charge is 0.507 e. The fourth-order valence-electron chi connectivity index (χ4n) is 2.18. The maximum atomic E-state index is 9.87. The Balaban J connectivity index is 3.05. The first-order valence-corrected chi connectivity index (χ1v) is 7.79. The number of phenolic OH excluding ortho intramolecular Hbond substituents is 2. The van der Waals surface area contributed by atoms with Crippen LogP contribution >= 0.6 is 46.4 Å². The number of phenols is 2. The van der Waals surface area contributed by atoms with E-state index in [1.165, 1.54) is 34.3 Å². The Morgan fingerprint density at radius 1 is 0.545 bits per heavy atom. The summed E-state index contributed by atoms with van der Waals surface area (Å²) in [6, 6.07) is 6.37. The Kier molecular flexibility index (Phi) is 5.65. The van der Waals surface area contributed by atoms with Gasteiger partial charge in [0, 0.05) is 43.0 Å². The molecule has 2 nitrogen and oxygen atoms in total. The zero-order chi connectivity index (χ0) is 16.3. The van der Waals surface area contributed by atoms with E-state index < -0.39 is 0 Å². The lowest BCUT2D eigenvalue weighted by atomic mass is 9.99. The fraction of sp³-hybridized carbons (Fsp3) is 0. The van der Waals surface area contributed by atoms with E-state index >= 15 is 0 Å². The van der Waals surface area contributed by atoms with Crippen LogP contribution in [0.5, 0.6) is 11.5 Å². The summed E-state index contributed by atoms with van der Waals surface area (Å²) in [6.07, 6.45) is 0. The summed E-state index contributed by atoms with van der Waals surface area (Å²) in [5, 5.41) is 21.6. The van der Waals surface area contributed by atoms with Crippen molar-refractivity contribution in [3.8, 4) is 22.6 Å². The second kappa shape index (κ2) is 7.30. The molecule has 6 heteroatoms. The van der Waals surface area contributed by atoms with Crippen molar-refractivity contribution >= 4 is 68.5 Å². The highest BCUT2D eigenvalue weighted by Crippen LogP contribution is 2.14. The van der Waals surface area contributed by atoms with Crippen LogP contribution in [0.3, 0.4) is 0 Å². The van der Waals surface area contributed by atoms with Gasteiger partial charge in [-0.15, -0.1) is 0 Å². The number of hydrogen-bond acceptors (Lipinski definition) is 2. The van der Waals surface area contributed by atoms with Gasteiger partial charge in [0.2, 0.25) is 0 Å². The van der Waals surface area contributed by atoms with Crippen LogP contribution in [0.15, 0.2) is 24.3 Å². The van der Waals surface area contributed by atoms with Crippen molar-refractivity contribution in [1.29, 1.82) is 0 Å². The summed E-state index contributed by atoms with van der Waals surface area (Å²) < 4.78 is 0. The second-order valence-electron chi connectivity index (χ2n) is 4.36. The number of halogens is 4. The fourth-order valence-corrected chi connectivity index (χ4v) is 3.11. The minimum absolute atomic E-state index is 0.00459. The average Bonchev–Trinajstić information content (AvgIpc) is 2.54. The standard InChI is InChI=1S/C16H10Cl4O2/c17-5-11-9(1-3-15(21)13(11)7-19)10-2-4-16(22)14(8-20)12(10)6-18/h1-8,21-22H. The third-order valence-corrected chi connectivity index (χ3v) is 4.13. The molecule has 0 spiro atoms. The van der Waals surface area contributed by atoms with E-state index in [1.807, 2.05) is 0 Å². The van der Waals surface area contributed by atoms with Gasteiger partial charge in [-0.3, -0.25) is 0 Å². The SMILES string of the molecule is Oc1ccc(-c2ccc(O)c(=CCl)c2=CCl)c(=CCl)c1=CCl. The number of hydrogen-bond donors (Lipinski definition) is 2. The van der Waals surface area contributed by atoms with E-state index in [0.29, 0.717) is 32.0 Å². The Morgan fingerprint density at radius 2 is 0.864 bits per heavy atom. The zero-order valence-electron chi connectivity index (χ0n) is 11.0. The maximum absolute atomic E-state index is 9.87. The van der Waals surface area contributed by atoms with E-state index in [1.54, 1.807) is 12.1 Å². The van der Waals surface area contributed by atoms with Crippen LogP contribution in [0, 0.1) is 0 Å². The van der Waals surface area contributed by atoms with Gasteiger partial charge in [0.05, 0.1) is 0 Å². The molecule has 2 rings (SSSR count). The minimum Gasteiger partial charge on any atom is -0.507 e. The molecule has 0 unspecified atom stereocenters. The minimum atomic E-state index is 0.00459. The van der Waals surface area contributed by atoms with E-state index in [4.69, 9.17) is 46.4 Å². The van der Waals surface area contributed by atoms with Gasteiger partial charge in [0.1, 0.15) is 11.5 Å². The van der Waals surface area contributed by atoms with E-state index in [2.05, 4.69) is 0 Å². The monoisotopic (exact) mass is 374 g/mol. The Bertz CT molecular complexity index is 870. The summed E-state index contributed by atoms with van der Waals surface area (Å²) in [7, 11) is 0. The van der Waals surface area contributed by atoms with Crippen LogP contribution in [0.1, 0.15) is 0 Å². The lowest BCUT2D eigenvalue weighted by Crippen LogP contribution is -2.31. The molecule has 2 aromatic carbocycles. The molecule has 0 aliphatic heterocycles. The van der Waals surface area contributed by atoms with Crippen LogP contribution in [0.25, 0.3) is 33.3 Å². The molecule has 0 amide bonds. The Hall–Kier alpha value is -1.32. The zero-order valence-corrected chi connectivity index (χ0v) is 14.0. The first kappa shape index (κ1) is 17.0. The summed E-state index contributed by atoms with van der Waals surface area (Å²) in [5.41, 5.74) is 6.49. The van der Waals surface area contributed by atoms with Crippen LogP contribution in [0.4, 0.5) is 0 Å². The topological polar surface area (TPSA) is 40.5 Å². The Labute approximate surface area is 146 Å². The van der Waals surface area contributed by atoms with Crippen LogP contribution < -0.4 is 20.9 Å². The van der Waals surface area contributed by atoms with Gasteiger partial charge in [-0.05, 0) is 23.3 Å². The van der Waals surface area contributed by atoms with Gasteiger partial charge < -0.3 is 10.2 Å². The van der Waals surface area contributed by atoms with E-state index in [-0.39, 0.29) is 11.5 Å². The van der Waals surface area contributed by atoms with Crippen molar-refractivity contribution < 1.29 is 10.2 Å². The molecule has 0 aliphatic carbocycles. The van der Waals surface area contributed by atoms with Gasteiger partial charge in [-0.25, -0.2) is 0 Å². The maximum Gasteiger partial charge on any atom is 0.124 e. The first-order chi connectivity index (χ1) is 10.6. The van der Waals surface area contributed by atoms with Gasteiger partial charge >= 0.3 is 0 Å². The molecule has 0 saturated heterocycles. The molecule has 0 aromatic heterocycles. The molecular weight excluding hydrogens is 366 g/mol. The molecule has 0 atom stereocenters. The third kappa shape index (κ3) is 2.92. The van der Waals surface area contributed by atoms with Crippen molar-refractivity contribution in [3.05, 3.63) is 45.1 Å². The van der Waals surface area contributed by atoms with Gasteiger partial charge in [0.25, 0.3) is 0 Å². The van der Waals surface area contributed by atoms with E-state index in [9.17, 15) is 10.2 Å². The highest BCUT2D eigenvalue weighted by molar-refractivity contribution is 6.40. The van der Waals surface area contributed by atoms with Crippen molar-refractivity contribution in [2.75, 3.05) is 0 Å². The molecule has 0 heterocycles. The van der Waals surface area contributed by atoms with Crippen LogP contribution in [-0.4, -0.2) is 10.2 Å². The van der Waals surface area contributed by atoms with Gasteiger partial charge in [0.15, 0.2) is 0 Å². The average molecular weight is 376 g/mol. The summed E-state index contributed by atoms with van der Waals surface area (Å²) >= 11 is 23.3. The molecule has 0 radical (unpaired) electrons. The summed E-state index contributed by atoms with van der Waals surface area (Å²) in [6.45, 7) is 0. The number of benzene rings is 2. The second-order valence-corrected chi connectivity index (χ2v) is 5.23. The molecule has 2 aromatic rings. The molecule has 0 fully saturated rings. The number of aromatic hydroxyl groups is 2. The smallest absolute Gasteiger partial charge is 0.124 e. The number of rotatable bonds is 1. The third-order valence-electron chi connectivity index (χ3n) is 3.25. The molecule has 0 aliphatic rings. The van der Waals surface area contributed by atoms with E-state index in [0.717, 1.165) is 0 Å². The van der Waals surface area contributed by atoms with Crippen molar-refractivity contribution in [3.63, 3.8) is 0 Å². The highest BCUT2D eigenvalue weighted by Gasteiger charge is 2.08. The predicted octanol–water partition coefficient (Wildman–Crippen LogP) is 2.67. The molecule has 0 saturated carbocycles. The summed E-state index contributed by atoms with van der Waals surface area (Å²) in [4.78, 5) is 0. The molecule has 22 heavy (non-hydrogen) atoms. The Morgan fingerprint density at radius 3 is 1.14 bits per heavy atom.